The lowest BCUT2D eigenvalue weighted by Crippen LogP contribution is -2.37. The first-order valence-electron chi connectivity index (χ1n) is 7.24. The van der Waals surface area contributed by atoms with Gasteiger partial charge in [-0.1, -0.05) is 17.7 Å². The molecule has 0 saturated carbocycles. The van der Waals surface area contributed by atoms with Crippen LogP contribution in [0.1, 0.15) is 22.8 Å². The van der Waals surface area contributed by atoms with E-state index in [-0.39, 0.29) is 18.4 Å². The Morgan fingerprint density at radius 3 is 2.74 bits per heavy atom. The second-order valence-corrected chi connectivity index (χ2v) is 5.67. The van der Waals surface area contributed by atoms with Crippen LogP contribution in [-0.4, -0.2) is 39.6 Å². The molecular formula is C16H19ClN4O2. The van der Waals surface area contributed by atoms with E-state index >= 15 is 0 Å². The van der Waals surface area contributed by atoms with Gasteiger partial charge in [-0.3, -0.25) is 14.3 Å². The predicted molar refractivity (Wildman–Crippen MR) is 89.6 cm³/mol. The number of benzene rings is 1. The van der Waals surface area contributed by atoms with E-state index < -0.39 is 0 Å². The third-order valence-corrected chi connectivity index (χ3v) is 3.66. The summed E-state index contributed by atoms with van der Waals surface area (Å²) in [5.41, 5.74) is 2.01. The standard InChI is InChI=1S/C16H19ClN4O2/c1-4-21(16(23)12-8-18-20(3)9-12)10-15(22)19-14-7-13(17)6-5-11(14)2/h5-9H,4,10H2,1-3H3,(H,19,22). The number of nitrogens with zero attached hydrogens (tertiary/aromatic N) is 3. The zero-order valence-corrected chi connectivity index (χ0v) is 14.1. The van der Waals surface area contributed by atoms with Gasteiger partial charge < -0.3 is 10.2 Å². The molecule has 2 rings (SSSR count). The minimum atomic E-state index is -0.269. The summed E-state index contributed by atoms with van der Waals surface area (Å²) in [6, 6.07) is 5.28. The van der Waals surface area contributed by atoms with E-state index in [2.05, 4.69) is 10.4 Å². The number of carbonyl (C=O) groups is 2. The minimum Gasteiger partial charge on any atom is -0.330 e. The first-order valence-corrected chi connectivity index (χ1v) is 7.62. The number of aryl methyl sites for hydroxylation is 2. The SMILES string of the molecule is CCN(CC(=O)Nc1cc(Cl)ccc1C)C(=O)c1cnn(C)c1. The summed E-state index contributed by atoms with van der Waals surface area (Å²) in [6.07, 6.45) is 3.12. The van der Waals surface area contributed by atoms with Gasteiger partial charge in [0.2, 0.25) is 5.91 Å². The monoisotopic (exact) mass is 334 g/mol. The van der Waals surface area contributed by atoms with Crippen LogP contribution < -0.4 is 5.32 Å². The van der Waals surface area contributed by atoms with Crippen LogP contribution in [0.2, 0.25) is 5.02 Å². The van der Waals surface area contributed by atoms with Crippen molar-refractivity contribution in [3.8, 4) is 0 Å². The summed E-state index contributed by atoms with van der Waals surface area (Å²) in [5.74, 6) is -0.493. The van der Waals surface area contributed by atoms with Crippen LogP contribution in [0.15, 0.2) is 30.6 Å². The van der Waals surface area contributed by atoms with Crippen molar-refractivity contribution >= 4 is 29.1 Å². The Labute approximate surface area is 140 Å². The van der Waals surface area contributed by atoms with E-state index in [1.165, 1.54) is 11.1 Å². The number of halogens is 1. The van der Waals surface area contributed by atoms with Crippen molar-refractivity contribution in [2.75, 3.05) is 18.4 Å². The average Bonchev–Trinajstić information content (AvgIpc) is 2.94. The topological polar surface area (TPSA) is 67.2 Å². The van der Waals surface area contributed by atoms with Crippen molar-refractivity contribution in [2.24, 2.45) is 7.05 Å². The summed E-state index contributed by atoms with van der Waals surface area (Å²) in [5, 5.41) is 7.31. The molecule has 1 heterocycles. The predicted octanol–water partition coefficient (Wildman–Crippen LogP) is 2.48. The van der Waals surface area contributed by atoms with Crippen molar-refractivity contribution < 1.29 is 9.59 Å². The molecule has 0 aliphatic rings. The highest BCUT2D eigenvalue weighted by Gasteiger charge is 2.19. The van der Waals surface area contributed by atoms with Crippen LogP contribution in [-0.2, 0) is 11.8 Å². The molecule has 2 amide bonds. The van der Waals surface area contributed by atoms with Crippen molar-refractivity contribution in [1.82, 2.24) is 14.7 Å². The molecule has 7 heteroatoms. The molecule has 0 aliphatic carbocycles. The van der Waals surface area contributed by atoms with Gasteiger partial charge in [-0.05, 0) is 31.5 Å². The first-order chi connectivity index (χ1) is 10.9. The largest absolute Gasteiger partial charge is 0.330 e. The Balaban J connectivity index is 2.05. The van der Waals surface area contributed by atoms with Gasteiger partial charge in [0, 0.05) is 30.5 Å². The fourth-order valence-corrected chi connectivity index (χ4v) is 2.31. The Kier molecular flexibility index (Phi) is 5.39. The average molecular weight is 335 g/mol. The molecule has 0 radical (unpaired) electrons. The van der Waals surface area contributed by atoms with E-state index in [4.69, 9.17) is 11.6 Å². The molecule has 0 saturated heterocycles. The highest BCUT2D eigenvalue weighted by molar-refractivity contribution is 6.31. The van der Waals surface area contributed by atoms with Gasteiger partial charge in [0.05, 0.1) is 11.8 Å². The Bertz CT molecular complexity index is 727. The second-order valence-electron chi connectivity index (χ2n) is 5.23. The third-order valence-electron chi connectivity index (χ3n) is 3.43. The molecular weight excluding hydrogens is 316 g/mol. The van der Waals surface area contributed by atoms with Gasteiger partial charge in [0.15, 0.2) is 0 Å². The maximum Gasteiger partial charge on any atom is 0.257 e. The number of anilines is 1. The van der Waals surface area contributed by atoms with E-state index in [1.807, 2.05) is 19.9 Å². The molecule has 1 N–H and O–H groups in total. The summed E-state index contributed by atoms with van der Waals surface area (Å²) >= 11 is 5.94. The molecule has 0 aliphatic heterocycles. The van der Waals surface area contributed by atoms with Gasteiger partial charge in [-0.25, -0.2) is 0 Å². The highest BCUT2D eigenvalue weighted by Crippen LogP contribution is 2.20. The Morgan fingerprint density at radius 1 is 1.39 bits per heavy atom. The van der Waals surface area contributed by atoms with Gasteiger partial charge >= 0.3 is 0 Å². The zero-order valence-electron chi connectivity index (χ0n) is 13.3. The molecule has 0 spiro atoms. The van der Waals surface area contributed by atoms with Crippen molar-refractivity contribution in [3.05, 3.63) is 46.7 Å². The molecule has 0 fully saturated rings. The lowest BCUT2D eigenvalue weighted by Gasteiger charge is -2.20. The van der Waals surface area contributed by atoms with Crippen LogP contribution in [0.3, 0.4) is 0 Å². The fourth-order valence-electron chi connectivity index (χ4n) is 2.13. The number of hydrogen-bond acceptors (Lipinski definition) is 3. The third kappa shape index (κ3) is 4.32. The second kappa shape index (κ2) is 7.28. The van der Waals surface area contributed by atoms with Crippen molar-refractivity contribution in [1.29, 1.82) is 0 Å². The maximum absolute atomic E-state index is 12.4. The quantitative estimate of drug-likeness (QED) is 0.913. The van der Waals surface area contributed by atoms with Crippen LogP contribution in [0.25, 0.3) is 0 Å². The minimum absolute atomic E-state index is 0.0316. The molecule has 6 nitrogen and oxygen atoms in total. The van der Waals surface area contributed by atoms with Gasteiger partial charge in [0.25, 0.3) is 5.91 Å². The first kappa shape index (κ1) is 17.0. The number of hydrogen-bond donors (Lipinski definition) is 1. The summed E-state index contributed by atoms with van der Waals surface area (Å²) in [4.78, 5) is 26.1. The van der Waals surface area contributed by atoms with Crippen LogP contribution in [0, 0.1) is 6.92 Å². The highest BCUT2D eigenvalue weighted by atomic mass is 35.5. The molecule has 0 bridgehead atoms. The Morgan fingerprint density at radius 2 is 2.13 bits per heavy atom. The van der Waals surface area contributed by atoms with Crippen LogP contribution >= 0.6 is 11.6 Å². The number of aromatic nitrogens is 2. The zero-order chi connectivity index (χ0) is 17.0. The van der Waals surface area contributed by atoms with E-state index in [9.17, 15) is 9.59 Å². The van der Waals surface area contributed by atoms with Gasteiger partial charge in [0.1, 0.15) is 6.54 Å². The number of nitrogens with one attached hydrogen (secondary N) is 1. The molecule has 0 unspecified atom stereocenters. The normalized spacial score (nSPS) is 10.4. The van der Waals surface area contributed by atoms with Crippen molar-refractivity contribution in [3.63, 3.8) is 0 Å². The smallest absolute Gasteiger partial charge is 0.257 e. The number of rotatable bonds is 5. The van der Waals surface area contributed by atoms with E-state index in [0.717, 1.165) is 5.56 Å². The Hall–Kier alpha value is -2.34. The lowest BCUT2D eigenvalue weighted by atomic mass is 10.2. The molecule has 1 aromatic carbocycles. The number of likely N-dealkylation sites (N-methyl/N-ethyl adjacent to an activating group) is 1. The maximum atomic E-state index is 12.4. The van der Waals surface area contributed by atoms with Gasteiger partial charge in [-0.2, -0.15) is 5.10 Å². The molecule has 122 valence electrons. The van der Waals surface area contributed by atoms with Crippen LogP contribution in [0.5, 0.6) is 0 Å². The molecule has 2 aromatic rings. The summed E-state index contributed by atoms with van der Waals surface area (Å²) < 4.78 is 1.55. The summed E-state index contributed by atoms with van der Waals surface area (Å²) in [6.45, 7) is 4.10. The molecule has 1 aromatic heterocycles. The van der Waals surface area contributed by atoms with Gasteiger partial charge in [-0.15, -0.1) is 0 Å². The number of amides is 2. The molecule has 0 atom stereocenters. The number of carbonyl (C=O) groups excluding carboxylic acids is 2. The van der Waals surface area contributed by atoms with Crippen LogP contribution in [0.4, 0.5) is 5.69 Å². The van der Waals surface area contributed by atoms with E-state index in [1.54, 1.807) is 30.1 Å². The lowest BCUT2D eigenvalue weighted by molar-refractivity contribution is -0.116. The van der Waals surface area contributed by atoms with Crippen molar-refractivity contribution in [2.45, 2.75) is 13.8 Å². The molecule has 23 heavy (non-hydrogen) atoms. The fraction of sp³-hybridized carbons (Fsp3) is 0.312. The van der Waals surface area contributed by atoms with E-state index in [0.29, 0.717) is 22.8 Å². The summed E-state index contributed by atoms with van der Waals surface area (Å²) in [7, 11) is 1.74.